The number of nitrogens with zero attached hydrogens (tertiary/aromatic N) is 3. The molecule has 0 unspecified atom stereocenters. The first-order valence-corrected chi connectivity index (χ1v) is 17.3. The molecule has 6 nitrogen and oxygen atoms in total. The fourth-order valence-electron chi connectivity index (χ4n) is 6.09. The molecule has 3 heterocycles. The predicted molar refractivity (Wildman–Crippen MR) is 180 cm³/mol. The van der Waals surface area contributed by atoms with Gasteiger partial charge in [-0.1, -0.05) is 42.5 Å². The fourth-order valence-corrected chi connectivity index (χ4v) is 7.73. The smallest absolute Gasteiger partial charge is 0.330 e. The molecule has 3 aromatic heterocycles. The van der Waals surface area contributed by atoms with Crippen molar-refractivity contribution >= 4 is 52.5 Å². The molecule has 0 spiro atoms. The summed E-state index contributed by atoms with van der Waals surface area (Å²) in [6.07, 6.45) is 12.0. The van der Waals surface area contributed by atoms with Gasteiger partial charge >= 0.3 is 7.60 Å². The van der Waals surface area contributed by atoms with Crippen LogP contribution in [0.4, 0.5) is 0 Å². The summed E-state index contributed by atoms with van der Waals surface area (Å²) in [4.78, 5) is 0. The maximum absolute atomic E-state index is 12.9. The van der Waals surface area contributed by atoms with Crippen molar-refractivity contribution in [1.29, 1.82) is 0 Å². The van der Waals surface area contributed by atoms with Crippen LogP contribution < -0.4 is 26.1 Å². The molecule has 0 aliphatic rings. The average molecular weight is 686 g/mol. The minimum Gasteiger partial charge on any atom is -1.00 e. The molecule has 0 atom stereocenters. The second-order valence-corrected chi connectivity index (χ2v) is 13.0. The molecule has 8 heteroatoms. The number of fused-ring (bicyclic) bond motifs is 4. The Labute approximate surface area is 275 Å². The van der Waals surface area contributed by atoms with E-state index in [1.54, 1.807) is 0 Å². The molecular formula is C37H40BrN3O3P+. The van der Waals surface area contributed by atoms with Gasteiger partial charge in [0.25, 0.3) is 0 Å². The number of aryl methyl sites for hydroxylation is 2. The normalized spacial score (nSPS) is 12.0. The minimum atomic E-state index is -3.04. The molecule has 0 aliphatic carbocycles. The van der Waals surface area contributed by atoms with Crippen molar-refractivity contribution in [1.82, 2.24) is 4.57 Å². The van der Waals surface area contributed by atoms with Crippen LogP contribution in [0, 0.1) is 0 Å². The van der Waals surface area contributed by atoms with Crippen molar-refractivity contribution in [2.24, 2.45) is 0 Å². The zero-order valence-corrected chi connectivity index (χ0v) is 28.6. The third-order valence-electron chi connectivity index (χ3n) is 8.12. The highest BCUT2D eigenvalue weighted by Crippen LogP contribution is 2.48. The number of benzene rings is 3. The summed E-state index contributed by atoms with van der Waals surface area (Å²) >= 11 is 0. The van der Waals surface area contributed by atoms with Crippen molar-refractivity contribution in [3.8, 4) is 5.69 Å². The molecule has 45 heavy (non-hydrogen) atoms. The lowest BCUT2D eigenvalue weighted by atomic mass is 10.1. The fraction of sp³-hybridized carbons (Fsp3) is 0.243. The Morgan fingerprint density at radius 3 is 2.18 bits per heavy atom. The molecule has 232 valence electrons. The van der Waals surface area contributed by atoms with Gasteiger partial charge in [-0.3, -0.25) is 4.57 Å². The third-order valence-corrected chi connectivity index (χ3v) is 10.3. The van der Waals surface area contributed by atoms with E-state index >= 15 is 0 Å². The zero-order chi connectivity index (χ0) is 30.5. The molecule has 0 radical (unpaired) electrons. The van der Waals surface area contributed by atoms with Crippen molar-refractivity contribution in [3.63, 3.8) is 0 Å². The highest BCUT2D eigenvalue weighted by atomic mass is 79.9. The summed E-state index contributed by atoms with van der Waals surface area (Å²) < 4.78 is 30.6. The van der Waals surface area contributed by atoms with Crippen LogP contribution in [-0.2, 0) is 26.7 Å². The van der Waals surface area contributed by atoms with Crippen molar-refractivity contribution in [2.75, 3.05) is 19.4 Å². The summed E-state index contributed by atoms with van der Waals surface area (Å²) in [5, 5.41) is 3.72. The summed E-state index contributed by atoms with van der Waals surface area (Å²) in [5.41, 5.74) is 7.10. The number of halogens is 1. The van der Waals surface area contributed by atoms with Gasteiger partial charge in [-0.2, -0.15) is 9.13 Å². The summed E-state index contributed by atoms with van der Waals surface area (Å²) in [5.74, 6) is 0. The topological polar surface area (TPSA) is 48.2 Å². The van der Waals surface area contributed by atoms with Crippen LogP contribution in [0.3, 0.4) is 0 Å². The first-order chi connectivity index (χ1) is 21.5. The number of rotatable bonds is 12. The second-order valence-electron chi connectivity index (χ2n) is 10.8. The lowest BCUT2D eigenvalue weighted by Crippen LogP contribution is -3.00. The molecule has 0 aliphatic heterocycles. The van der Waals surface area contributed by atoms with E-state index < -0.39 is 7.60 Å². The number of aromatic nitrogens is 3. The summed E-state index contributed by atoms with van der Waals surface area (Å²) in [6.45, 7) is 8.34. The van der Waals surface area contributed by atoms with Crippen LogP contribution in [0.15, 0.2) is 104 Å². The van der Waals surface area contributed by atoms with Crippen molar-refractivity contribution < 1.29 is 39.7 Å². The molecule has 6 aromatic rings. The highest BCUT2D eigenvalue weighted by molar-refractivity contribution is 7.53. The lowest BCUT2D eigenvalue weighted by molar-refractivity contribution is -0.671. The van der Waals surface area contributed by atoms with Gasteiger partial charge in [-0.15, -0.1) is 0 Å². The molecule has 0 N–H and O–H groups in total. The number of para-hydroxylation sites is 2. The lowest BCUT2D eigenvalue weighted by Gasteiger charge is -2.16. The van der Waals surface area contributed by atoms with Crippen LogP contribution in [0.5, 0.6) is 0 Å². The van der Waals surface area contributed by atoms with Gasteiger partial charge in [0.1, 0.15) is 6.54 Å². The molecule has 3 aromatic carbocycles. The monoisotopic (exact) mass is 684 g/mol. The second kappa shape index (κ2) is 14.7. The Morgan fingerprint density at radius 2 is 1.44 bits per heavy atom. The molecule has 0 saturated heterocycles. The Kier molecular flexibility index (Phi) is 10.7. The average Bonchev–Trinajstić information content (AvgIpc) is 3.37. The van der Waals surface area contributed by atoms with E-state index in [4.69, 9.17) is 9.05 Å². The summed E-state index contributed by atoms with van der Waals surface area (Å²) in [6, 6.07) is 30.1. The Morgan fingerprint density at radius 1 is 0.756 bits per heavy atom. The standard InChI is InChI=1S/C37H40N3O3P.BrH/c1-4-40-36-15-10-8-13-33(36)34-28-39(26-23-37(34)40)31-20-17-29(18-21-31)16-19-30-22-25-38(35-14-9-7-12-32(30)35)24-11-27-44(41,42-5-2)43-6-3;/h7-10,12-23,25-26,28H,4-6,11,24,27H2,1-3H3;1H/q+2;/p-1. The Hall–Kier alpha value is -3.61. The molecule has 0 saturated carbocycles. The quantitative estimate of drug-likeness (QED) is 0.129. The molecule has 0 amide bonds. The van der Waals surface area contributed by atoms with Gasteiger partial charge in [0.05, 0.1) is 35.7 Å². The highest BCUT2D eigenvalue weighted by Gasteiger charge is 2.24. The van der Waals surface area contributed by atoms with Crippen molar-refractivity contribution in [2.45, 2.75) is 40.3 Å². The Balaban J connectivity index is 0.00000400. The number of hydrogen-bond donors (Lipinski definition) is 0. The maximum Gasteiger partial charge on any atom is 0.330 e. The van der Waals surface area contributed by atoms with Crippen LogP contribution >= 0.6 is 7.60 Å². The van der Waals surface area contributed by atoms with E-state index in [0.717, 1.165) is 35.4 Å². The summed E-state index contributed by atoms with van der Waals surface area (Å²) in [7, 11) is -3.04. The number of pyridine rings is 2. The van der Waals surface area contributed by atoms with E-state index in [1.807, 2.05) is 13.8 Å². The minimum absolute atomic E-state index is 0. The van der Waals surface area contributed by atoms with E-state index in [0.29, 0.717) is 25.8 Å². The van der Waals surface area contributed by atoms with Crippen LogP contribution in [0.25, 0.3) is 50.5 Å². The largest absolute Gasteiger partial charge is 1.00 e. The molecular weight excluding hydrogens is 645 g/mol. The first-order valence-electron chi connectivity index (χ1n) is 15.5. The van der Waals surface area contributed by atoms with E-state index in [1.165, 1.54) is 27.2 Å². The van der Waals surface area contributed by atoms with Gasteiger partial charge < -0.3 is 30.6 Å². The maximum atomic E-state index is 12.9. The molecule has 0 bridgehead atoms. The predicted octanol–water partition coefficient (Wildman–Crippen LogP) is 5.36. The van der Waals surface area contributed by atoms with Gasteiger partial charge in [0.2, 0.25) is 11.2 Å². The van der Waals surface area contributed by atoms with E-state index in [9.17, 15) is 4.57 Å². The van der Waals surface area contributed by atoms with Crippen LogP contribution in [-0.4, -0.2) is 23.9 Å². The van der Waals surface area contributed by atoms with E-state index in [2.05, 4.69) is 136 Å². The SMILES string of the molecule is CCOP(=O)(CCC[n+]1ccc(C=Cc2ccc(-[n+]3ccc4c(c3)c3ccccc3n4CC)cc2)c2ccccc21)OCC.[Br-]. The zero-order valence-electron chi connectivity index (χ0n) is 26.1. The van der Waals surface area contributed by atoms with E-state index in [-0.39, 0.29) is 17.0 Å². The van der Waals surface area contributed by atoms with Crippen molar-refractivity contribution in [3.05, 3.63) is 115 Å². The van der Waals surface area contributed by atoms with Gasteiger partial charge in [-0.05, 0) is 56.2 Å². The number of hydrogen-bond acceptors (Lipinski definition) is 3. The van der Waals surface area contributed by atoms with Gasteiger partial charge in [0, 0.05) is 54.2 Å². The molecule has 6 rings (SSSR count). The van der Waals surface area contributed by atoms with Gasteiger partial charge in [0.15, 0.2) is 18.6 Å². The first kappa shape index (κ1) is 32.8. The van der Waals surface area contributed by atoms with Crippen LogP contribution in [0.1, 0.15) is 38.3 Å². The van der Waals surface area contributed by atoms with Crippen LogP contribution in [0.2, 0.25) is 0 Å². The Bertz CT molecular complexity index is 1990. The van der Waals surface area contributed by atoms with Gasteiger partial charge in [-0.25, -0.2) is 0 Å². The molecule has 0 fully saturated rings. The third kappa shape index (κ3) is 6.97.